The third-order valence-corrected chi connectivity index (χ3v) is 4.05. The number of benzene rings is 1. The highest BCUT2D eigenvalue weighted by Gasteiger charge is 2.24. The van der Waals surface area contributed by atoms with Crippen molar-refractivity contribution < 1.29 is 12.8 Å². The van der Waals surface area contributed by atoms with Crippen molar-refractivity contribution in [3.8, 4) is 0 Å². The largest absolute Gasteiger partial charge is 0.240 e. The average Bonchev–Trinajstić information content (AvgIpc) is 2.12. The molecule has 0 heterocycles. The zero-order chi connectivity index (χ0) is 10.9. The monoisotopic (exact) mass is 229 g/mol. The highest BCUT2D eigenvalue weighted by atomic mass is 32.2. The molecule has 0 unspecified atom stereocenters. The molecule has 1 aromatic rings. The summed E-state index contributed by atoms with van der Waals surface area (Å²) in [4.78, 5) is -0.00519. The van der Waals surface area contributed by atoms with Gasteiger partial charge in [0.1, 0.15) is 5.82 Å². The molecule has 1 N–H and O–H groups in total. The van der Waals surface area contributed by atoms with Crippen LogP contribution in [0.5, 0.6) is 0 Å². The molecule has 15 heavy (non-hydrogen) atoms. The van der Waals surface area contributed by atoms with Crippen LogP contribution in [0.15, 0.2) is 29.2 Å². The Morgan fingerprint density at radius 2 is 2.07 bits per heavy atom. The van der Waals surface area contributed by atoms with E-state index in [1.165, 1.54) is 18.2 Å². The summed E-state index contributed by atoms with van der Waals surface area (Å²) in [5.41, 5.74) is 0. The number of hydrogen-bond acceptors (Lipinski definition) is 2. The van der Waals surface area contributed by atoms with Crippen LogP contribution < -0.4 is 4.72 Å². The van der Waals surface area contributed by atoms with Crippen molar-refractivity contribution in [2.24, 2.45) is 0 Å². The Kier molecular flexibility index (Phi) is 2.75. The van der Waals surface area contributed by atoms with Gasteiger partial charge in [-0.1, -0.05) is 12.5 Å². The third-order valence-electron chi connectivity index (χ3n) is 2.53. The average molecular weight is 229 g/mol. The Hall–Kier alpha value is -0.940. The first kappa shape index (κ1) is 10.6. The van der Waals surface area contributed by atoms with Crippen molar-refractivity contribution >= 4 is 10.0 Å². The molecule has 2 rings (SSSR count). The summed E-state index contributed by atoms with van der Waals surface area (Å²) in [6.45, 7) is 0. The number of hydrogen-bond donors (Lipinski definition) is 1. The SMILES string of the molecule is O=S(=O)(NC1CCC1)c1cccc(F)c1. The fourth-order valence-corrected chi connectivity index (χ4v) is 2.78. The fourth-order valence-electron chi connectivity index (χ4n) is 1.45. The molecule has 0 radical (unpaired) electrons. The minimum Gasteiger partial charge on any atom is -0.208 e. The molecule has 3 nitrogen and oxygen atoms in total. The second kappa shape index (κ2) is 3.90. The van der Waals surface area contributed by atoms with Crippen LogP contribution in [0.1, 0.15) is 19.3 Å². The van der Waals surface area contributed by atoms with Crippen molar-refractivity contribution in [1.82, 2.24) is 4.72 Å². The van der Waals surface area contributed by atoms with Gasteiger partial charge in [-0.25, -0.2) is 17.5 Å². The highest BCUT2D eigenvalue weighted by Crippen LogP contribution is 2.21. The van der Waals surface area contributed by atoms with Gasteiger partial charge in [-0.3, -0.25) is 0 Å². The topological polar surface area (TPSA) is 46.2 Å². The molecule has 1 aliphatic carbocycles. The van der Waals surface area contributed by atoms with Crippen LogP contribution in [0.2, 0.25) is 0 Å². The van der Waals surface area contributed by atoms with Gasteiger partial charge in [0.05, 0.1) is 4.90 Å². The van der Waals surface area contributed by atoms with E-state index in [4.69, 9.17) is 0 Å². The molecule has 1 aliphatic rings. The van der Waals surface area contributed by atoms with Crippen molar-refractivity contribution in [1.29, 1.82) is 0 Å². The van der Waals surface area contributed by atoms with Crippen molar-refractivity contribution in [2.45, 2.75) is 30.2 Å². The molecule has 0 aliphatic heterocycles. The Labute approximate surface area is 88.4 Å². The summed E-state index contributed by atoms with van der Waals surface area (Å²) in [5.74, 6) is -0.536. The van der Waals surface area contributed by atoms with Crippen LogP contribution >= 0.6 is 0 Å². The lowest BCUT2D eigenvalue weighted by molar-refractivity contribution is 0.383. The van der Waals surface area contributed by atoms with E-state index in [1.54, 1.807) is 0 Å². The predicted octanol–water partition coefficient (Wildman–Crippen LogP) is 1.66. The molecule has 82 valence electrons. The minimum atomic E-state index is -3.53. The van der Waals surface area contributed by atoms with E-state index in [0.717, 1.165) is 25.3 Å². The lowest BCUT2D eigenvalue weighted by Crippen LogP contribution is -2.39. The van der Waals surface area contributed by atoms with Crippen molar-refractivity contribution in [3.05, 3.63) is 30.1 Å². The number of sulfonamides is 1. The molecule has 1 aromatic carbocycles. The van der Waals surface area contributed by atoms with E-state index in [1.807, 2.05) is 0 Å². The molecule has 0 bridgehead atoms. The van der Waals surface area contributed by atoms with Gasteiger partial charge in [0.2, 0.25) is 10.0 Å². The van der Waals surface area contributed by atoms with E-state index in [0.29, 0.717) is 0 Å². The van der Waals surface area contributed by atoms with Crippen molar-refractivity contribution in [3.63, 3.8) is 0 Å². The minimum absolute atomic E-state index is 0.00519. The maximum Gasteiger partial charge on any atom is 0.240 e. The summed E-state index contributed by atoms with van der Waals surface area (Å²) in [7, 11) is -3.53. The smallest absolute Gasteiger partial charge is 0.208 e. The van der Waals surface area contributed by atoms with Gasteiger partial charge in [0, 0.05) is 6.04 Å². The number of nitrogens with one attached hydrogen (secondary N) is 1. The van der Waals surface area contributed by atoms with E-state index >= 15 is 0 Å². The van der Waals surface area contributed by atoms with Crippen LogP contribution in [0.4, 0.5) is 4.39 Å². The first-order chi connectivity index (χ1) is 7.08. The summed E-state index contributed by atoms with van der Waals surface area (Å²) in [6.07, 6.45) is 2.79. The Morgan fingerprint density at radius 1 is 1.33 bits per heavy atom. The van der Waals surface area contributed by atoms with Crippen LogP contribution in [0, 0.1) is 5.82 Å². The molecule has 1 fully saturated rings. The Balaban J connectivity index is 2.20. The fraction of sp³-hybridized carbons (Fsp3) is 0.400. The van der Waals surface area contributed by atoms with Crippen LogP contribution in [0.3, 0.4) is 0 Å². The summed E-state index contributed by atoms with van der Waals surface area (Å²) in [6, 6.07) is 5.07. The molecule has 0 aromatic heterocycles. The van der Waals surface area contributed by atoms with Gasteiger partial charge < -0.3 is 0 Å². The normalized spacial score (nSPS) is 17.4. The quantitative estimate of drug-likeness (QED) is 0.856. The van der Waals surface area contributed by atoms with Crippen LogP contribution in [-0.4, -0.2) is 14.5 Å². The molecular weight excluding hydrogens is 217 g/mol. The van der Waals surface area contributed by atoms with Gasteiger partial charge in [0.15, 0.2) is 0 Å². The number of halogens is 1. The van der Waals surface area contributed by atoms with Gasteiger partial charge in [-0.15, -0.1) is 0 Å². The van der Waals surface area contributed by atoms with Crippen LogP contribution in [0.25, 0.3) is 0 Å². The summed E-state index contributed by atoms with van der Waals surface area (Å²) >= 11 is 0. The first-order valence-electron chi connectivity index (χ1n) is 4.86. The van der Waals surface area contributed by atoms with Gasteiger partial charge >= 0.3 is 0 Å². The molecule has 0 atom stereocenters. The second-order valence-corrected chi connectivity index (χ2v) is 5.42. The van der Waals surface area contributed by atoms with E-state index < -0.39 is 15.8 Å². The van der Waals surface area contributed by atoms with Gasteiger partial charge in [0.25, 0.3) is 0 Å². The third kappa shape index (κ3) is 2.35. The standard InChI is InChI=1S/C10H12FNO2S/c11-8-3-1-6-10(7-8)15(13,14)12-9-4-2-5-9/h1,3,6-7,9,12H,2,4-5H2. The molecule has 5 heteroatoms. The van der Waals surface area contributed by atoms with E-state index in [-0.39, 0.29) is 10.9 Å². The second-order valence-electron chi connectivity index (χ2n) is 3.71. The Morgan fingerprint density at radius 3 is 2.60 bits per heavy atom. The molecule has 0 amide bonds. The van der Waals surface area contributed by atoms with Crippen molar-refractivity contribution in [2.75, 3.05) is 0 Å². The predicted molar refractivity (Wildman–Crippen MR) is 54.4 cm³/mol. The maximum absolute atomic E-state index is 12.8. The molecule has 0 spiro atoms. The molecule has 0 saturated heterocycles. The molecular formula is C10H12FNO2S. The highest BCUT2D eigenvalue weighted by molar-refractivity contribution is 7.89. The van der Waals surface area contributed by atoms with E-state index in [9.17, 15) is 12.8 Å². The molecule has 1 saturated carbocycles. The lowest BCUT2D eigenvalue weighted by atomic mass is 9.94. The Bertz CT molecular complexity index is 454. The first-order valence-corrected chi connectivity index (χ1v) is 6.34. The zero-order valence-electron chi connectivity index (χ0n) is 8.11. The van der Waals surface area contributed by atoms with Gasteiger partial charge in [-0.2, -0.15) is 0 Å². The van der Waals surface area contributed by atoms with Crippen LogP contribution in [-0.2, 0) is 10.0 Å². The van der Waals surface area contributed by atoms with E-state index in [2.05, 4.69) is 4.72 Å². The maximum atomic E-state index is 12.8. The van der Waals surface area contributed by atoms with Gasteiger partial charge in [-0.05, 0) is 31.0 Å². The summed E-state index contributed by atoms with van der Waals surface area (Å²) < 4.78 is 38.8. The number of rotatable bonds is 3. The lowest BCUT2D eigenvalue weighted by Gasteiger charge is -2.26. The summed E-state index contributed by atoms with van der Waals surface area (Å²) in [5, 5.41) is 0. The zero-order valence-corrected chi connectivity index (χ0v) is 8.93.